The highest BCUT2D eigenvalue weighted by Gasteiger charge is 2.34. The van der Waals surface area contributed by atoms with E-state index in [0.717, 1.165) is 12.0 Å². The predicted octanol–water partition coefficient (Wildman–Crippen LogP) is 6.86. The number of hydrogen-bond acceptors (Lipinski definition) is 6. The number of carbonyl (C=O) groups is 2. The molecule has 7 heteroatoms. The topological polar surface area (TPSA) is 77.1 Å². The summed E-state index contributed by atoms with van der Waals surface area (Å²) in [5.41, 5.74) is 0.892. The van der Waals surface area contributed by atoms with E-state index >= 15 is 0 Å². The summed E-state index contributed by atoms with van der Waals surface area (Å²) in [5.74, 6) is 1.42. The molecule has 1 aliphatic rings. The Morgan fingerprint density at radius 2 is 1.69 bits per heavy atom. The molecule has 1 aliphatic carbocycles. The third-order valence-corrected chi connectivity index (χ3v) is 7.19. The maximum absolute atomic E-state index is 12.8. The minimum Gasteiger partial charge on any atom is -0.476 e. The van der Waals surface area contributed by atoms with Crippen molar-refractivity contribution in [1.82, 2.24) is 10.2 Å². The van der Waals surface area contributed by atoms with Gasteiger partial charge in [-0.2, -0.15) is 0 Å². The number of methoxy groups -OCH3 is 1. The van der Waals surface area contributed by atoms with Crippen LogP contribution in [0.1, 0.15) is 92.6 Å². The van der Waals surface area contributed by atoms with Crippen LogP contribution in [-0.2, 0) is 25.6 Å². The molecular formula is C35H56N2O5. The van der Waals surface area contributed by atoms with Gasteiger partial charge in [-0.15, -0.1) is 0 Å². The predicted molar refractivity (Wildman–Crippen MR) is 170 cm³/mol. The summed E-state index contributed by atoms with van der Waals surface area (Å²) >= 11 is 0. The van der Waals surface area contributed by atoms with Crippen LogP contribution in [-0.4, -0.2) is 61.3 Å². The number of carbonyl (C=O) groups excluding carboxylic acids is 2. The average molecular weight is 585 g/mol. The molecule has 1 aromatic rings. The Morgan fingerprint density at radius 3 is 2.29 bits per heavy atom. The number of nitrogens with one attached hydrogen (secondary N) is 1. The number of nitrogens with zero attached hydrogens (tertiary/aromatic N) is 1. The van der Waals surface area contributed by atoms with Crippen LogP contribution in [0.5, 0.6) is 5.75 Å². The summed E-state index contributed by atoms with van der Waals surface area (Å²) in [6.45, 7) is 16.0. The van der Waals surface area contributed by atoms with E-state index < -0.39 is 17.2 Å². The van der Waals surface area contributed by atoms with Crippen LogP contribution >= 0.6 is 0 Å². The Balaban J connectivity index is 1.88. The van der Waals surface area contributed by atoms with E-state index in [9.17, 15) is 9.59 Å². The van der Waals surface area contributed by atoms with Gasteiger partial charge in [0.25, 0.3) is 0 Å². The highest BCUT2D eigenvalue weighted by molar-refractivity contribution is 5.79. The standard InChI is InChI=1S/C35H56N2O5/c1-27(2)24-30(29-14-10-9-11-15-29)16-12-13-21-36-32(38)26-37(22-23-40-8)25-28-17-19-31(20-18-28)41-35(6,7)33(39)42-34(3,4)5/h12-13,17-20,24,27,29H,9-11,14-16,21-23,25-26H2,1-8H3,(H,36,38)/b13-12-,30-24+. The third kappa shape index (κ3) is 14.0. The molecule has 1 amide bonds. The zero-order chi connectivity index (χ0) is 31.2. The second kappa shape index (κ2) is 17.5. The molecule has 236 valence electrons. The monoisotopic (exact) mass is 584 g/mol. The first-order valence-corrected chi connectivity index (χ1v) is 15.6. The second-order valence-electron chi connectivity index (χ2n) is 13.3. The van der Waals surface area contributed by atoms with E-state index in [0.29, 0.717) is 43.8 Å². The average Bonchev–Trinajstić information content (AvgIpc) is 2.91. The fraction of sp³-hybridized carbons (Fsp3) is 0.657. The first kappa shape index (κ1) is 35.6. The molecule has 1 N–H and O–H groups in total. The van der Waals surface area contributed by atoms with Gasteiger partial charge in [0.2, 0.25) is 5.91 Å². The van der Waals surface area contributed by atoms with Crippen molar-refractivity contribution in [2.45, 2.75) is 105 Å². The SMILES string of the molecule is COCCN(CC(=O)NC/C=C\C/C(=C\C(C)C)C1CCCCC1)Cc1ccc(OC(C)(C)C(=O)OC(C)(C)C)cc1. The number of rotatable bonds is 16. The maximum atomic E-state index is 12.8. The van der Waals surface area contributed by atoms with Crippen LogP contribution in [0.25, 0.3) is 0 Å². The molecular weight excluding hydrogens is 528 g/mol. The van der Waals surface area contributed by atoms with Gasteiger partial charge in [-0.3, -0.25) is 9.69 Å². The number of benzene rings is 1. The number of ether oxygens (including phenoxy) is 3. The molecule has 0 saturated heterocycles. The summed E-state index contributed by atoms with van der Waals surface area (Å²) in [4.78, 5) is 27.4. The van der Waals surface area contributed by atoms with Crippen LogP contribution in [0.15, 0.2) is 48.1 Å². The molecule has 0 bridgehead atoms. The fourth-order valence-electron chi connectivity index (χ4n) is 5.10. The minimum absolute atomic E-state index is 0.0138. The van der Waals surface area contributed by atoms with Crippen molar-refractivity contribution in [3.63, 3.8) is 0 Å². The van der Waals surface area contributed by atoms with Crippen LogP contribution in [0.4, 0.5) is 0 Å². The Hall–Kier alpha value is -2.64. The lowest BCUT2D eigenvalue weighted by Gasteiger charge is -2.29. The van der Waals surface area contributed by atoms with Gasteiger partial charge in [0.05, 0.1) is 13.2 Å². The van der Waals surface area contributed by atoms with E-state index in [-0.39, 0.29) is 12.5 Å². The Kier molecular flexibility index (Phi) is 14.8. The van der Waals surface area contributed by atoms with Gasteiger partial charge in [-0.25, -0.2) is 4.79 Å². The van der Waals surface area contributed by atoms with Gasteiger partial charge >= 0.3 is 5.97 Å². The zero-order valence-corrected chi connectivity index (χ0v) is 27.5. The van der Waals surface area contributed by atoms with Crippen molar-refractivity contribution in [3.8, 4) is 5.75 Å². The highest BCUT2D eigenvalue weighted by atomic mass is 16.6. The lowest BCUT2D eigenvalue weighted by atomic mass is 9.81. The van der Waals surface area contributed by atoms with Crippen LogP contribution in [0.3, 0.4) is 0 Å². The van der Waals surface area contributed by atoms with Gasteiger partial charge in [-0.05, 0) is 83.4 Å². The normalized spacial score (nSPS) is 15.4. The highest BCUT2D eigenvalue weighted by Crippen LogP contribution is 2.32. The van der Waals surface area contributed by atoms with E-state index in [1.165, 1.54) is 32.1 Å². The molecule has 0 atom stereocenters. The number of esters is 1. The molecule has 1 fully saturated rings. The quantitative estimate of drug-likeness (QED) is 0.169. The Labute approximate surface area is 255 Å². The van der Waals surface area contributed by atoms with Crippen LogP contribution in [0, 0.1) is 11.8 Å². The van der Waals surface area contributed by atoms with E-state index in [4.69, 9.17) is 14.2 Å². The Bertz CT molecular complexity index is 1010. The molecule has 0 heterocycles. The largest absolute Gasteiger partial charge is 0.476 e. The van der Waals surface area contributed by atoms with Crippen molar-refractivity contribution in [1.29, 1.82) is 0 Å². The van der Waals surface area contributed by atoms with Crippen LogP contribution in [0.2, 0.25) is 0 Å². The summed E-state index contributed by atoms with van der Waals surface area (Å²) < 4.78 is 16.7. The number of allylic oxidation sites excluding steroid dienone is 3. The minimum atomic E-state index is -1.12. The third-order valence-electron chi connectivity index (χ3n) is 7.19. The first-order chi connectivity index (χ1) is 19.8. The van der Waals surface area contributed by atoms with E-state index in [1.807, 2.05) is 45.0 Å². The lowest BCUT2D eigenvalue weighted by molar-refractivity contribution is -0.170. The van der Waals surface area contributed by atoms with Crippen LogP contribution < -0.4 is 10.1 Å². The van der Waals surface area contributed by atoms with Crippen molar-refractivity contribution in [2.24, 2.45) is 11.8 Å². The van der Waals surface area contributed by atoms with E-state index in [2.05, 4.69) is 42.3 Å². The summed E-state index contributed by atoms with van der Waals surface area (Å²) in [6.07, 6.45) is 14.3. The molecule has 0 unspecified atom stereocenters. The molecule has 0 aliphatic heterocycles. The summed E-state index contributed by atoms with van der Waals surface area (Å²) in [6, 6.07) is 7.59. The lowest BCUT2D eigenvalue weighted by Crippen LogP contribution is -2.43. The van der Waals surface area contributed by atoms with Gasteiger partial charge in [0.1, 0.15) is 11.4 Å². The smallest absolute Gasteiger partial charge is 0.350 e. The molecule has 0 radical (unpaired) electrons. The van der Waals surface area contributed by atoms with Crippen molar-refractivity contribution in [2.75, 3.05) is 33.4 Å². The van der Waals surface area contributed by atoms with Gasteiger partial charge in [0, 0.05) is 26.7 Å². The molecule has 42 heavy (non-hydrogen) atoms. The summed E-state index contributed by atoms with van der Waals surface area (Å²) in [7, 11) is 1.66. The maximum Gasteiger partial charge on any atom is 0.350 e. The van der Waals surface area contributed by atoms with Gasteiger partial charge in [-0.1, -0.05) is 69.0 Å². The molecule has 7 nitrogen and oxygen atoms in total. The number of hydrogen-bond donors (Lipinski definition) is 1. The van der Waals surface area contributed by atoms with Crippen molar-refractivity contribution < 1.29 is 23.8 Å². The van der Waals surface area contributed by atoms with Crippen molar-refractivity contribution >= 4 is 11.9 Å². The van der Waals surface area contributed by atoms with E-state index in [1.54, 1.807) is 26.5 Å². The number of amides is 1. The van der Waals surface area contributed by atoms with Crippen molar-refractivity contribution in [3.05, 3.63) is 53.6 Å². The molecule has 1 saturated carbocycles. The van der Waals surface area contributed by atoms with Gasteiger partial charge < -0.3 is 19.5 Å². The fourth-order valence-corrected chi connectivity index (χ4v) is 5.10. The molecule has 0 spiro atoms. The Morgan fingerprint density at radius 1 is 1.02 bits per heavy atom. The van der Waals surface area contributed by atoms with Gasteiger partial charge in [0.15, 0.2) is 5.60 Å². The first-order valence-electron chi connectivity index (χ1n) is 15.6. The second-order valence-corrected chi connectivity index (χ2v) is 13.3. The zero-order valence-electron chi connectivity index (χ0n) is 27.5. The molecule has 0 aromatic heterocycles. The molecule has 1 aromatic carbocycles. The molecule has 2 rings (SSSR count). The summed E-state index contributed by atoms with van der Waals surface area (Å²) in [5, 5.41) is 3.04.